The van der Waals surface area contributed by atoms with E-state index in [2.05, 4.69) is 31.2 Å². The van der Waals surface area contributed by atoms with Crippen LogP contribution in [-0.2, 0) is 6.42 Å². The van der Waals surface area contributed by atoms with Crippen LogP contribution < -0.4 is 5.73 Å². The molecule has 1 heterocycles. The quantitative estimate of drug-likeness (QED) is 0.735. The topological polar surface area (TPSA) is 38.9 Å². The van der Waals surface area contributed by atoms with Crippen molar-refractivity contribution in [1.82, 2.24) is 4.98 Å². The van der Waals surface area contributed by atoms with Crippen molar-refractivity contribution in [3.05, 3.63) is 39.7 Å². The smallest absolute Gasteiger partial charge is 0.0976 e. The Hall–Kier alpha value is -1.19. The standard InChI is InChI=1S/C13H14N2S/c1-8(7-14)13-15-12-10-5-3-2-4-9(10)6-11(12)16-13/h2-5,8H,6-7,14H2,1H3. The van der Waals surface area contributed by atoms with Crippen LogP contribution in [-0.4, -0.2) is 11.5 Å². The number of thiazole rings is 1. The molecule has 1 atom stereocenters. The van der Waals surface area contributed by atoms with Gasteiger partial charge in [0.05, 0.1) is 10.7 Å². The molecule has 0 bridgehead atoms. The fourth-order valence-electron chi connectivity index (χ4n) is 2.09. The Morgan fingerprint density at radius 3 is 3.06 bits per heavy atom. The summed E-state index contributed by atoms with van der Waals surface area (Å²) in [6.45, 7) is 2.81. The summed E-state index contributed by atoms with van der Waals surface area (Å²) in [6, 6.07) is 8.53. The zero-order valence-corrected chi connectivity index (χ0v) is 10.1. The van der Waals surface area contributed by atoms with Crippen molar-refractivity contribution in [2.24, 2.45) is 5.73 Å². The Kier molecular flexibility index (Phi) is 2.30. The highest BCUT2D eigenvalue weighted by Crippen LogP contribution is 2.40. The fraction of sp³-hybridized carbons (Fsp3) is 0.308. The predicted octanol–water partition coefficient (Wildman–Crippen LogP) is 2.78. The van der Waals surface area contributed by atoms with E-state index in [9.17, 15) is 0 Å². The van der Waals surface area contributed by atoms with E-state index in [0.29, 0.717) is 12.5 Å². The highest BCUT2D eigenvalue weighted by atomic mass is 32.1. The van der Waals surface area contributed by atoms with Crippen molar-refractivity contribution in [2.75, 3.05) is 6.54 Å². The van der Waals surface area contributed by atoms with E-state index in [0.717, 1.165) is 6.42 Å². The largest absolute Gasteiger partial charge is 0.330 e. The normalized spacial score (nSPS) is 14.6. The van der Waals surface area contributed by atoms with E-state index in [1.165, 1.54) is 26.7 Å². The van der Waals surface area contributed by atoms with Gasteiger partial charge in [-0.25, -0.2) is 4.98 Å². The molecular weight excluding hydrogens is 216 g/mol. The number of hydrogen-bond acceptors (Lipinski definition) is 3. The van der Waals surface area contributed by atoms with Gasteiger partial charge in [-0.05, 0) is 5.56 Å². The minimum Gasteiger partial charge on any atom is -0.330 e. The summed E-state index contributed by atoms with van der Waals surface area (Å²) in [5.74, 6) is 0.378. The molecule has 2 nitrogen and oxygen atoms in total. The van der Waals surface area contributed by atoms with Gasteiger partial charge in [0.2, 0.25) is 0 Å². The molecule has 16 heavy (non-hydrogen) atoms. The average Bonchev–Trinajstić information content (AvgIpc) is 2.85. The van der Waals surface area contributed by atoms with Crippen molar-refractivity contribution >= 4 is 11.3 Å². The van der Waals surface area contributed by atoms with Gasteiger partial charge in [-0.1, -0.05) is 31.2 Å². The molecule has 0 saturated carbocycles. The molecule has 0 spiro atoms. The Labute approximate surface area is 99.1 Å². The molecule has 1 aliphatic rings. The first-order valence-corrected chi connectivity index (χ1v) is 6.39. The van der Waals surface area contributed by atoms with E-state index in [-0.39, 0.29) is 0 Å². The second kappa shape index (κ2) is 3.68. The van der Waals surface area contributed by atoms with E-state index >= 15 is 0 Å². The van der Waals surface area contributed by atoms with Gasteiger partial charge in [-0.15, -0.1) is 11.3 Å². The summed E-state index contributed by atoms with van der Waals surface area (Å²) in [4.78, 5) is 6.14. The highest BCUT2D eigenvalue weighted by molar-refractivity contribution is 7.12. The number of fused-ring (bicyclic) bond motifs is 3. The molecule has 0 fully saturated rings. The molecule has 0 radical (unpaired) electrons. The highest BCUT2D eigenvalue weighted by Gasteiger charge is 2.23. The number of rotatable bonds is 2. The van der Waals surface area contributed by atoms with Crippen LogP contribution in [0, 0.1) is 0 Å². The Morgan fingerprint density at radius 1 is 1.44 bits per heavy atom. The lowest BCUT2D eigenvalue weighted by atomic mass is 10.1. The Bertz CT molecular complexity index is 530. The molecule has 0 aliphatic heterocycles. The van der Waals surface area contributed by atoms with Gasteiger partial charge in [0, 0.05) is 29.3 Å². The Balaban J connectivity index is 2.07. The molecule has 1 aliphatic carbocycles. The molecule has 3 heteroatoms. The number of hydrogen-bond donors (Lipinski definition) is 1. The van der Waals surface area contributed by atoms with Crippen molar-refractivity contribution < 1.29 is 0 Å². The number of nitrogens with zero attached hydrogens (tertiary/aromatic N) is 1. The maximum Gasteiger partial charge on any atom is 0.0976 e. The molecule has 1 aromatic heterocycles. The van der Waals surface area contributed by atoms with Gasteiger partial charge in [-0.2, -0.15) is 0 Å². The van der Waals surface area contributed by atoms with E-state index in [1.54, 1.807) is 0 Å². The second-order valence-electron chi connectivity index (χ2n) is 4.29. The minimum absolute atomic E-state index is 0.378. The first-order valence-electron chi connectivity index (χ1n) is 5.57. The zero-order valence-electron chi connectivity index (χ0n) is 9.23. The summed E-state index contributed by atoms with van der Waals surface area (Å²) >= 11 is 1.82. The van der Waals surface area contributed by atoms with Crippen molar-refractivity contribution in [1.29, 1.82) is 0 Å². The third kappa shape index (κ3) is 1.39. The summed E-state index contributed by atoms with van der Waals surface area (Å²) in [7, 11) is 0. The van der Waals surface area contributed by atoms with Crippen molar-refractivity contribution in [3.8, 4) is 11.3 Å². The molecule has 3 rings (SSSR count). The van der Waals surface area contributed by atoms with Crippen LogP contribution in [0.2, 0.25) is 0 Å². The summed E-state index contributed by atoms with van der Waals surface area (Å²) in [5.41, 5.74) is 9.59. The van der Waals surface area contributed by atoms with Crippen LogP contribution in [0.5, 0.6) is 0 Å². The van der Waals surface area contributed by atoms with Gasteiger partial charge in [-0.3, -0.25) is 0 Å². The molecule has 2 N–H and O–H groups in total. The maximum atomic E-state index is 5.68. The van der Waals surface area contributed by atoms with Crippen LogP contribution in [0.1, 0.15) is 28.3 Å². The van der Waals surface area contributed by atoms with Crippen LogP contribution in [0.25, 0.3) is 11.3 Å². The van der Waals surface area contributed by atoms with Crippen LogP contribution >= 0.6 is 11.3 Å². The van der Waals surface area contributed by atoms with E-state index in [4.69, 9.17) is 10.7 Å². The van der Waals surface area contributed by atoms with Crippen molar-refractivity contribution in [2.45, 2.75) is 19.3 Å². The maximum absolute atomic E-state index is 5.68. The van der Waals surface area contributed by atoms with Gasteiger partial charge < -0.3 is 5.73 Å². The lowest BCUT2D eigenvalue weighted by Crippen LogP contribution is -2.08. The molecule has 82 valence electrons. The van der Waals surface area contributed by atoms with Gasteiger partial charge in [0.15, 0.2) is 0 Å². The molecule has 0 amide bonds. The fourth-order valence-corrected chi connectivity index (χ4v) is 3.26. The molecule has 1 unspecified atom stereocenters. The summed E-state index contributed by atoms with van der Waals surface area (Å²) in [5, 5.41) is 1.18. The van der Waals surface area contributed by atoms with Crippen LogP contribution in [0.15, 0.2) is 24.3 Å². The lowest BCUT2D eigenvalue weighted by molar-refractivity contribution is 0.767. The molecule has 0 saturated heterocycles. The van der Waals surface area contributed by atoms with Gasteiger partial charge in [0.25, 0.3) is 0 Å². The van der Waals surface area contributed by atoms with Crippen LogP contribution in [0.3, 0.4) is 0 Å². The number of nitrogens with two attached hydrogens (primary N) is 1. The lowest BCUT2D eigenvalue weighted by Gasteiger charge is -2.03. The van der Waals surface area contributed by atoms with Gasteiger partial charge >= 0.3 is 0 Å². The number of aromatic nitrogens is 1. The third-order valence-corrected chi connectivity index (χ3v) is 4.40. The summed E-state index contributed by atoms with van der Waals surface area (Å²) in [6.07, 6.45) is 1.04. The monoisotopic (exact) mass is 230 g/mol. The average molecular weight is 230 g/mol. The first-order chi connectivity index (χ1) is 7.79. The SMILES string of the molecule is CC(CN)c1nc2c(s1)Cc1ccccc1-2. The third-order valence-electron chi connectivity index (χ3n) is 3.11. The van der Waals surface area contributed by atoms with Crippen molar-refractivity contribution in [3.63, 3.8) is 0 Å². The first kappa shape index (κ1) is 10.00. The summed E-state index contributed by atoms with van der Waals surface area (Å²) < 4.78 is 0. The molecule has 2 aromatic rings. The van der Waals surface area contributed by atoms with E-state index in [1.807, 2.05) is 11.3 Å². The van der Waals surface area contributed by atoms with Gasteiger partial charge in [0.1, 0.15) is 0 Å². The molecular formula is C13H14N2S. The Morgan fingerprint density at radius 2 is 2.25 bits per heavy atom. The zero-order chi connectivity index (χ0) is 11.1. The molecule has 1 aromatic carbocycles. The minimum atomic E-state index is 0.378. The number of benzene rings is 1. The second-order valence-corrected chi connectivity index (χ2v) is 5.41. The van der Waals surface area contributed by atoms with E-state index < -0.39 is 0 Å². The predicted molar refractivity (Wildman–Crippen MR) is 67.8 cm³/mol. The van der Waals surface area contributed by atoms with Crippen LogP contribution in [0.4, 0.5) is 0 Å².